The van der Waals surface area contributed by atoms with Crippen LogP contribution in [0.15, 0.2) is 0 Å². The van der Waals surface area contributed by atoms with Crippen molar-refractivity contribution in [1.82, 2.24) is 0 Å². The largest absolute Gasteiger partial charge is 1.00 e. The Kier molecular flexibility index (Phi) is 18.3. The van der Waals surface area contributed by atoms with Crippen LogP contribution in [0.3, 0.4) is 0 Å². The molecule has 0 aromatic heterocycles. The predicted molar refractivity (Wildman–Crippen MR) is 9.80 cm³/mol. The standard InChI is InChI=1S/FH2O4P.2K/c1-5-6(2,3)4;;/h(H2,2,3,4);;/q;2*+1/p-2. The van der Waals surface area contributed by atoms with Gasteiger partial charge in [0.2, 0.25) is 0 Å². The van der Waals surface area contributed by atoms with Crippen LogP contribution in [-0.4, -0.2) is 0 Å². The van der Waals surface area contributed by atoms with Crippen LogP contribution in [0.2, 0.25) is 0 Å². The summed E-state index contributed by atoms with van der Waals surface area (Å²) in [5.41, 5.74) is 0. The van der Waals surface area contributed by atoms with E-state index in [1.165, 1.54) is 0 Å². The first-order valence-corrected chi connectivity index (χ1v) is 2.35. The van der Waals surface area contributed by atoms with E-state index in [1.807, 2.05) is 4.73 Å². The molecule has 0 saturated heterocycles. The molecule has 0 atom stereocenters. The summed E-state index contributed by atoms with van der Waals surface area (Å²) in [6.07, 6.45) is 0. The molecule has 0 aliphatic carbocycles. The maximum Gasteiger partial charge on any atom is 1.00 e. The number of rotatable bonds is 1. The molecule has 0 unspecified atom stereocenters. The average Bonchev–Trinajstić information content (AvgIpc) is 1.35. The Morgan fingerprint density at radius 2 is 1.50 bits per heavy atom. The van der Waals surface area contributed by atoms with Crippen LogP contribution in [0.5, 0.6) is 0 Å². The molecule has 0 heterocycles. The van der Waals surface area contributed by atoms with Crippen LogP contribution in [0.25, 0.3) is 0 Å². The Bertz CT molecular complexity index is 78.1. The molecular weight excluding hydrogens is 192 g/mol. The molecule has 0 aromatic carbocycles. The van der Waals surface area contributed by atoms with Gasteiger partial charge in [-0.25, -0.2) is 0 Å². The number of phosphoric acid groups is 1. The Hall–Kier alpha value is 3.31. The second-order valence-electron chi connectivity index (χ2n) is 0.516. The van der Waals surface area contributed by atoms with Crippen molar-refractivity contribution in [3.8, 4) is 0 Å². The fourth-order valence-corrected chi connectivity index (χ4v) is 0. The second kappa shape index (κ2) is 8.41. The quantitative estimate of drug-likeness (QED) is 0.305. The minimum atomic E-state index is -5.31. The van der Waals surface area contributed by atoms with Crippen LogP contribution in [0.1, 0.15) is 0 Å². The summed E-state index contributed by atoms with van der Waals surface area (Å²) in [6.45, 7) is 0. The zero-order valence-corrected chi connectivity index (χ0v) is 11.6. The minimum absolute atomic E-state index is 0. The van der Waals surface area contributed by atoms with Crippen molar-refractivity contribution in [3.63, 3.8) is 0 Å². The molecule has 0 amide bonds. The molecule has 8 heteroatoms. The van der Waals surface area contributed by atoms with E-state index in [0.717, 1.165) is 0 Å². The molecule has 0 saturated carbocycles. The summed E-state index contributed by atoms with van der Waals surface area (Å²) in [5, 5.41) is 0. The van der Waals surface area contributed by atoms with Gasteiger partial charge in [0.05, 0.1) is 0 Å². The third-order valence-corrected chi connectivity index (χ3v) is 0.254. The van der Waals surface area contributed by atoms with Gasteiger partial charge >= 0.3 is 103 Å². The van der Waals surface area contributed by atoms with Gasteiger partial charge in [0.15, 0.2) is 0 Å². The van der Waals surface area contributed by atoms with E-state index in [-0.39, 0.29) is 103 Å². The van der Waals surface area contributed by atoms with E-state index in [0.29, 0.717) is 0 Å². The zero-order valence-electron chi connectivity index (χ0n) is 4.46. The topological polar surface area (TPSA) is 72.4 Å². The van der Waals surface area contributed by atoms with Gasteiger partial charge in [0.1, 0.15) is 7.82 Å². The van der Waals surface area contributed by atoms with Crippen LogP contribution in [0.4, 0.5) is 4.53 Å². The van der Waals surface area contributed by atoms with Gasteiger partial charge in [0, 0.05) is 0 Å². The van der Waals surface area contributed by atoms with Gasteiger partial charge in [-0.05, 0) is 4.53 Å². The first kappa shape index (κ1) is 17.4. The van der Waals surface area contributed by atoms with Crippen molar-refractivity contribution in [2.45, 2.75) is 0 Å². The fraction of sp³-hybridized carbons (Fsp3) is 0. The van der Waals surface area contributed by atoms with Crippen LogP contribution >= 0.6 is 7.82 Å². The number of hydrogen-bond acceptors (Lipinski definition) is 4. The van der Waals surface area contributed by atoms with Crippen LogP contribution < -0.4 is 113 Å². The maximum absolute atomic E-state index is 10.1. The molecule has 0 bridgehead atoms. The van der Waals surface area contributed by atoms with Gasteiger partial charge < -0.3 is 14.4 Å². The van der Waals surface area contributed by atoms with Crippen LogP contribution in [-0.2, 0) is 9.29 Å². The zero-order chi connectivity index (χ0) is 5.21. The van der Waals surface area contributed by atoms with E-state index >= 15 is 0 Å². The number of halogens is 1. The minimum Gasteiger partial charge on any atom is -0.787 e. The third-order valence-electron chi connectivity index (χ3n) is 0.0845. The molecule has 0 aliphatic heterocycles. The second-order valence-corrected chi connectivity index (χ2v) is 1.55. The van der Waals surface area contributed by atoms with E-state index < -0.39 is 7.82 Å². The van der Waals surface area contributed by atoms with Gasteiger partial charge in [-0.2, -0.15) is 4.73 Å². The predicted octanol–water partition coefficient (Wildman–Crippen LogP) is -7.28. The van der Waals surface area contributed by atoms with Gasteiger partial charge in [-0.15, -0.1) is 0 Å². The van der Waals surface area contributed by atoms with Gasteiger partial charge in [0.25, 0.3) is 0 Å². The SMILES string of the molecule is O=P([O-])([O-])OF.[K+].[K+]. The first-order valence-electron chi connectivity index (χ1n) is 0.885. The van der Waals surface area contributed by atoms with E-state index in [1.54, 1.807) is 0 Å². The van der Waals surface area contributed by atoms with Gasteiger partial charge in [-0.1, -0.05) is 0 Å². The summed E-state index contributed by atoms with van der Waals surface area (Å²) in [5.74, 6) is 0. The summed E-state index contributed by atoms with van der Waals surface area (Å²) in [4.78, 5) is 17.8. The maximum atomic E-state index is 10.1. The monoisotopic (exact) mass is 192 g/mol. The summed E-state index contributed by atoms with van der Waals surface area (Å²) >= 11 is 0. The summed E-state index contributed by atoms with van der Waals surface area (Å²) in [6, 6.07) is 0. The third kappa shape index (κ3) is 16.1. The van der Waals surface area contributed by atoms with E-state index in [2.05, 4.69) is 0 Å². The Labute approximate surface area is 131 Å². The van der Waals surface area contributed by atoms with Crippen molar-refractivity contribution in [1.29, 1.82) is 0 Å². The molecule has 0 spiro atoms. The molecule has 38 valence electrons. The van der Waals surface area contributed by atoms with Crippen molar-refractivity contribution < 1.29 is 126 Å². The average molecular weight is 192 g/mol. The van der Waals surface area contributed by atoms with Gasteiger partial charge in [-0.3, -0.25) is 0 Å². The Morgan fingerprint density at radius 3 is 1.50 bits per heavy atom. The number of hydrogen-bond donors (Lipinski definition) is 0. The summed E-state index contributed by atoms with van der Waals surface area (Å²) < 4.78 is 20.9. The molecule has 0 aromatic rings. The van der Waals surface area contributed by atoms with E-state index in [9.17, 15) is 4.53 Å². The van der Waals surface area contributed by atoms with Crippen molar-refractivity contribution >= 4 is 7.82 Å². The Morgan fingerprint density at radius 1 is 1.38 bits per heavy atom. The van der Waals surface area contributed by atoms with Crippen molar-refractivity contribution in [2.24, 2.45) is 0 Å². The molecule has 0 fully saturated rings. The van der Waals surface area contributed by atoms with Crippen LogP contribution in [0, 0.1) is 0 Å². The first-order chi connectivity index (χ1) is 2.56. The molecule has 4 nitrogen and oxygen atoms in total. The van der Waals surface area contributed by atoms with Crippen molar-refractivity contribution in [3.05, 3.63) is 0 Å². The Balaban J connectivity index is -0.000000125. The smallest absolute Gasteiger partial charge is 0.787 e. The van der Waals surface area contributed by atoms with Crippen molar-refractivity contribution in [2.75, 3.05) is 0 Å². The van der Waals surface area contributed by atoms with E-state index in [4.69, 9.17) is 14.4 Å². The molecule has 0 N–H and O–H groups in total. The molecule has 0 aliphatic rings. The molecule has 8 heavy (non-hydrogen) atoms. The molecular formula is FK2O4P. The summed E-state index contributed by atoms with van der Waals surface area (Å²) in [7, 11) is -5.31. The molecule has 0 radical (unpaired) electrons. The molecule has 0 rings (SSSR count). The fourth-order valence-electron chi connectivity index (χ4n) is 0. The normalized spacial score (nSPS) is 8.88.